The van der Waals surface area contributed by atoms with Crippen molar-refractivity contribution in [2.75, 3.05) is 66.6 Å². The first-order chi connectivity index (χ1) is 10.1. The Morgan fingerprint density at radius 1 is 1.24 bits per heavy atom. The summed E-state index contributed by atoms with van der Waals surface area (Å²) in [5.74, 6) is 0. The summed E-state index contributed by atoms with van der Waals surface area (Å²) in [5.41, 5.74) is 0. The van der Waals surface area contributed by atoms with Gasteiger partial charge in [-0.1, -0.05) is 6.42 Å². The Hall–Kier alpha value is -0.200. The molecule has 2 atom stereocenters. The average Bonchev–Trinajstić information content (AvgIpc) is 2.47. The second kappa shape index (κ2) is 9.06. The van der Waals surface area contributed by atoms with Crippen LogP contribution in [0, 0.1) is 0 Å². The standard InChI is InChI=1S/C16H33N3O2/c1-17(8-6-15-5-3-4-7-18(15)2)13-16(20)14-19-9-11-21-12-10-19/h15-16,20H,3-14H2,1-2H3. The van der Waals surface area contributed by atoms with Crippen LogP contribution in [0.25, 0.3) is 0 Å². The Morgan fingerprint density at radius 2 is 2.00 bits per heavy atom. The summed E-state index contributed by atoms with van der Waals surface area (Å²) in [6.07, 6.45) is 5.02. The molecule has 2 aliphatic rings. The molecule has 2 aliphatic heterocycles. The molecular formula is C16H33N3O2. The molecule has 2 heterocycles. The lowest BCUT2D eigenvalue weighted by Crippen LogP contribution is -2.44. The number of nitrogens with zero attached hydrogens (tertiary/aromatic N) is 3. The maximum atomic E-state index is 10.2. The molecule has 0 aromatic carbocycles. The summed E-state index contributed by atoms with van der Waals surface area (Å²) in [6, 6.07) is 0.734. The van der Waals surface area contributed by atoms with Gasteiger partial charge in [-0.25, -0.2) is 0 Å². The van der Waals surface area contributed by atoms with Crippen molar-refractivity contribution in [3.05, 3.63) is 0 Å². The number of likely N-dealkylation sites (N-methyl/N-ethyl adjacent to an activating group) is 1. The van der Waals surface area contributed by atoms with Gasteiger partial charge in [0.15, 0.2) is 0 Å². The zero-order valence-electron chi connectivity index (χ0n) is 13.8. The number of aliphatic hydroxyl groups excluding tert-OH is 1. The van der Waals surface area contributed by atoms with Crippen LogP contribution in [0.4, 0.5) is 0 Å². The van der Waals surface area contributed by atoms with E-state index in [-0.39, 0.29) is 6.10 Å². The van der Waals surface area contributed by atoms with Crippen molar-refractivity contribution in [3.63, 3.8) is 0 Å². The number of ether oxygens (including phenoxy) is 1. The third-order valence-corrected chi connectivity index (χ3v) is 4.86. The maximum Gasteiger partial charge on any atom is 0.0793 e. The van der Waals surface area contributed by atoms with E-state index in [2.05, 4.69) is 28.8 Å². The van der Waals surface area contributed by atoms with Gasteiger partial charge in [0.05, 0.1) is 19.3 Å². The van der Waals surface area contributed by atoms with E-state index in [1.165, 1.54) is 32.2 Å². The number of likely N-dealkylation sites (tertiary alicyclic amines) is 1. The van der Waals surface area contributed by atoms with E-state index in [1.807, 2.05) is 0 Å². The molecule has 2 rings (SSSR count). The van der Waals surface area contributed by atoms with E-state index in [4.69, 9.17) is 4.74 Å². The van der Waals surface area contributed by atoms with Crippen LogP contribution in [0.3, 0.4) is 0 Å². The molecule has 124 valence electrons. The van der Waals surface area contributed by atoms with Gasteiger partial charge in [-0.05, 0) is 46.4 Å². The second-order valence-corrected chi connectivity index (χ2v) is 6.75. The summed E-state index contributed by atoms with van der Waals surface area (Å²) < 4.78 is 5.34. The van der Waals surface area contributed by atoms with E-state index < -0.39 is 0 Å². The zero-order chi connectivity index (χ0) is 15.1. The number of morpholine rings is 1. The van der Waals surface area contributed by atoms with E-state index in [1.54, 1.807) is 0 Å². The lowest BCUT2D eigenvalue weighted by atomic mass is 10.00. The Kier molecular flexibility index (Phi) is 7.40. The fourth-order valence-electron chi connectivity index (χ4n) is 3.47. The number of aliphatic hydroxyl groups is 1. The van der Waals surface area contributed by atoms with Crippen LogP contribution in [0.15, 0.2) is 0 Å². The Balaban J connectivity index is 1.60. The van der Waals surface area contributed by atoms with Crippen LogP contribution in [0.5, 0.6) is 0 Å². The van der Waals surface area contributed by atoms with Crippen molar-refractivity contribution < 1.29 is 9.84 Å². The molecule has 0 aliphatic carbocycles. The lowest BCUT2D eigenvalue weighted by Gasteiger charge is -2.34. The minimum Gasteiger partial charge on any atom is -0.390 e. The molecule has 0 aromatic rings. The Labute approximate surface area is 129 Å². The summed E-state index contributed by atoms with van der Waals surface area (Å²) in [4.78, 5) is 7.09. The Bertz CT molecular complexity index is 285. The van der Waals surface area contributed by atoms with Gasteiger partial charge in [-0.3, -0.25) is 4.90 Å². The summed E-state index contributed by atoms with van der Waals surface area (Å²) in [6.45, 7) is 7.38. The third kappa shape index (κ3) is 6.20. The van der Waals surface area contributed by atoms with Crippen LogP contribution in [-0.4, -0.2) is 98.5 Å². The minimum atomic E-state index is -0.253. The number of hydrogen-bond acceptors (Lipinski definition) is 5. The highest BCUT2D eigenvalue weighted by atomic mass is 16.5. The first-order valence-electron chi connectivity index (χ1n) is 8.52. The second-order valence-electron chi connectivity index (χ2n) is 6.75. The number of rotatable bonds is 7. The monoisotopic (exact) mass is 299 g/mol. The number of hydrogen-bond donors (Lipinski definition) is 1. The first-order valence-corrected chi connectivity index (χ1v) is 8.52. The van der Waals surface area contributed by atoms with Crippen molar-refractivity contribution >= 4 is 0 Å². The van der Waals surface area contributed by atoms with Gasteiger partial charge in [0.25, 0.3) is 0 Å². The predicted molar refractivity (Wildman–Crippen MR) is 85.6 cm³/mol. The van der Waals surface area contributed by atoms with Gasteiger partial charge in [-0.2, -0.15) is 0 Å². The molecule has 0 saturated carbocycles. The Morgan fingerprint density at radius 3 is 2.71 bits per heavy atom. The minimum absolute atomic E-state index is 0.253. The highest BCUT2D eigenvalue weighted by Crippen LogP contribution is 2.17. The highest BCUT2D eigenvalue weighted by molar-refractivity contribution is 4.76. The molecule has 0 spiro atoms. The van der Waals surface area contributed by atoms with Gasteiger partial charge in [0.2, 0.25) is 0 Å². The largest absolute Gasteiger partial charge is 0.390 e. The normalized spacial score (nSPS) is 27.1. The van der Waals surface area contributed by atoms with Crippen LogP contribution < -0.4 is 0 Å². The van der Waals surface area contributed by atoms with E-state index in [0.29, 0.717) is 0 Å². The average molecular weight is 299 g/mol. The van der Waals surface area contributed by atoms with E-state index in [9.17, 15) is 5.11 Å². The van der Waals surface area contributed by atoms with Gasteiger partial charge >= 0.3 is 0 Å². The quantitative estimate of drug-likeness (QED) is 0.741. The van der Waals surface area contributed by atoms with Crippen molar-refractivity contribution in [3.8, 4) is 0 Å². The summed E-state index contributed by atoms with van der Waals surface area (Å²) in [5, 5.41) is 10.2. The molecule has 1 N–H and O–H groups in total. The van der Waals surface area contributed by atoms with E-state index >= 15 is 0 Å². The van der Waals surface area contributed by atoms with Crippen LogP contribution in [-0.2, 0) is 4.74 Å². The van der Waals surface area contributed by atoms with Crippen LogP contribution >= 0.6 is 0 Å². The van der Waals surface area contributed by atoms with Gasteiger partial charge in [0.1, 0.15) is 0 Å². The number of β-amino-alcohol motifs (C(OH)–C–C–N with tert-alkyl or cyclic N) is 1. The smallest absolute Gasteiger partial charge is 0.0793 e. The molecule has 0 amide bonds. The molecule has 0 bridgehead atoms. The lowest BCUT2D eigenvalue weighted by molar-refractivity contribution is 0.00814. The summed E-state index contributed by atoms with van der Waals surface area (Å²) in [7, 11) is 4.38. The van der Waals surface area contributed by atoms with Gasteiger partial charge < -0.3 is 19.6 Å². The molecule has 5 heteroatoms. The van der Waals surface area contributed by atoms with Crippen molar-refractivity contribution in [1.82, 2.24) is 14.7 Å². The molecule has 2 saturated heterocycles. The zero-order valence-corrected chi connectivity index (χ0v) is 13.8. The van der Waals surface area contributed by atoms with Crippen LogP contribution in [0.2, 0.25) is 0 Å². The molecule has 0 radical (unpaired) electrons. The van der Waals surface area contributed by atoms with Gasteiger partial charge in [-0.15, -0.1) is 0 Å². The fourth-order valence-corrected chi connectivity index (χ4v) is 3.47. The molecule has 5 nitrogen and oxygen atoms in total. The fraction of sp³-hybridized carbons (Fsp3) is 1.00. The molecular weight excluding hydrogens is 266 g/mol. The SMILES string of the molecule is CN(CCC1CCCCN1C)CC(O)CN1CCOCC1. The predicted octanol–water partition coefficient (Wildman–Crippen LogP) is 0.486. The number of piperidine rings is 1. The first kappa shape index (κ1) is 17.2. The topological polar surface area (TPSA) is 39.2 Å². The van der Waals surface area contributed by atoms with Crippen molar-refractivity contribution in [2.24, 2.45) is 0 Å². The molecule has 2 unspecified atom stereocenters. The van der Waals surface area contributed by atoms with Crippen LogP contribution in [0.1, 0.15) is 25.7 Å². The third-order valence-electron chi connectivity index (χ3n) is 4.86. The molecule has 21 heavy (non-hydrogen) atoms. The van der Waals surface area contributed by atoms with E-state index in [0.717, 1.165) is 52.0 Å². The maximum absolute atomic E-state index is 10.2. The van der Waals surface area contributed by atoms with Gasteiger partial charge in [0, 0.05) is 32.2 Å². The highest BCUT2D eigenvalue weighted by Gasteiger charge is 2.20. The summed E-state index contributed by atoms with van der Waals surface area (Å²) >= 11 is 0. The van der Waals surface area contributed by atoms with Crippen molar-refractivity contribution in [1.29, 1.82) is 0 Å². The van der Waals surface area contributed by atoms with Crippen molar-refractivity contribution in [2.45, 2.75) is 37.8 Å². The molecule has 2 fully saturated rings. The molecule has 0 aromatic heterocycles.